The Morgan fingerprint density at radius 1 is 1.33 bits per heavy atom. The molecule has 1 atom stereocenters. The van der Waals surface area contributed by atoms with Crippen LogP contribution in [0.1, 0.15) is 70.6 Å². The van der Waals surface area contributed by atoms with Gasteiger partial charge in [-0.1, -0.05) is 25.9 Å². The van der Waals surface area contributed by atoms with Gasteiger partial charge in [0.1, 0.15) is 6.04 Å². The van der Waals surface area contributed by atoms with Crippen LogP contribution in [-0.4, -0.2) is 33.4 Å². The second kappa shape index (κ2) is 6.53. The summed E-state index contributed by atoms with van der Waals surface area (Å²) in [7, 11) is 0. The minimum Gasteiger partial charge on any atom is -0.349 e. The number of rotatable bonds is 6. The van der Waals surface area contributed by atoms with Crippen molar-refractivity contribution in [3.63, 3.8) is 0 Å². The first kappa shape index (κ1) is 16.9. The summed E-state index contributed by atoms with van der Waals surface area (Å²) in [6.07, 6.45) is 4.11. The number of likely N-dealkylation sites (tertiary alicyclic amines) is 1. The molecule has 24 heavy (non-hydrogen) atoms. The SMILES string of the molecule is CC(C)(C)CC(=O)NCc1noc([C@@H]2CCC(=O)N2CC2CC2)n1. The summed E-state index contributed by atoms with van der Waals surface area (Å²) < 4.78 is 5.36. The van der Waals surface area contributed by atoms with Crippen molar-refractivity contribution in [1.29, 1.82) is 0 Å². The number of aromatic nitrogens is 2. The normalized spacial score (nSPS) is 21.4. The van der Waals surface area contributed by atoms with Gasteiger partial charge in [0.25, 0.3) is 0 Å². The standard InChI is InChI=1S/C17H26N4O3/c1-17(2,3)8-14(22)18-9-13-19-16(24-20-13)12-6-7-15(23)21(12)10-11-4-5-11/h11-12H,4-10H2,1-3H3,(H,18,22)/t12-/m0/s1. The quantitative estimate of drug-likeness (QED) is 0.861. The maximum absolute atomic E-state index is 12.1. The summed E-state index contributed by atoms with van der Waals surface area (Å²) in [6, 6.07) is -0.107. The monoisotopic (exact) mass is 334 g/mol. The van der Waals surface area contributed by atoms with Gasteiger partial charge in [-0.3, -0.25) is 9.59 Å². The average molecular weight is 334 g/mol. The highest BCUT2D eigenvalue weighted by Gasteiger charge is 2.38. The lowest BCUT2D eigenvalue weighted by atomic mass is 9.92. The van der Waals surface area contributed by atoms with Crippen molar-refractivity contribution < 1.29 is 14.1 Å². The van der Waals surface area contributed by atoms with E-state index in [1.807, 2.05) is 25.7 Å². The zero-order valence-corrected chi connectivity index (χ0v) is 14.7. The summed E-state index contributed by atoms with van der Waals surface area (Å²) in [6.45, 7) is 7.10. The predicted octanol–water partition coefficient (Wildman–Crippen LogP) is 2.20. The van der Waals surface area contributed by atoms with Gasteiger partial charge in [0.2, 0.25) is 17.7 Å². The molecule has 0 unspecified atom stereocenters. The van der Waals surface area contributed by atoms with E-state index < -0.39 is 0 Å². The molecule has 1 saturated carbocycles. The molecule has 0 bridgehead atoms. The van der Waals surface area contributed by atoms with Crippen molar-refractivity contribution >= 4 is 11.8 Å². The Balaban J connectivity index is 1.56. The minimum absolute atomic E-state index is 0.0275. The summed E-state index contributed by atoms with van der Waals surface area (Å²) in [5.41, 5.74) is -0.0555. The summed E-state index contributed by atoms with van der Waals surface area (Å²) in [5, 5.41) is 6.76. The Hall–Kier alpha value is -1.92. The largest absolute Gasteiger partial charge is 0.349 e. The molecule has 0 radical (unpaired) electrons. The van der Waals surface area contributed by atoms with Crippen LogP contribution < -0.4 is 5.32 Å². The molecule has 132 valence electrons. The van der Waals surface area contributed by atoms with Gasteiger partial charge in [-0.15, -0.1) is 0 Å². The molecule has 1 saturated heterocycles. The molecule has 2 fully saturated rings. The smallest absolute Gasteiger partial charge is 0.249 e. The number of carbonyl (C=O) groups excluding carboxylic acids is 2. The van der Waals surface area contributed by atoms with E-state index in [4.69, 9.17) is 4.52 Å². The van der Waals surface area contributed by atoms with Crippen molar-refractivity contribution in [3.8, 4) is 0 Å². The Bertz CT molecular complexity index is 616. The van der Waals surface area contributed by atoms with E-state index in [2.05, 4.69) is 15.5 Å². The molecule has 1 N–H and O–H groups in total. The summed E-state index contributed by atoms with van der Waals surface area (Å²) >= 11 is 0. The Kier molecular flexibility index (Phi) is 4.60. The van der Waals surface area contributed by atoms with Gasteiger partial charge in [-0.2, -0.15) is 4.98 Å². The zero-order chi connectivity index (χ0) is 17.3. The highest BCUT2D eigenvalue weighted by molar-refractivity contribution is 5.79. The fourth-order valence-corrected chi connectivity index (χ4v) is 2.99. The van der Waals surface area contributed by atoms with E-state index >= 15 is 0 Å². The highest BCUT2D eigenvalue weighted by atomic mass is 16.5. The van der Waals surface area contributed by atoms with Crippen LogP contribution in [0.5, 0.6) is 0 Å². The number of carbonyl (C=O) groups is 2. The fourth-order valence-electron chi connectivity index (χ4n) is 2.99. The summed E-state index contributed by atoms with van der Waals surface area (Å²) in [4.78, 5) is 30.2. The molecular weight excluding hydrogens is 308 g/mol. The lowest BCUT2D eigenvalue weighted by Crippen LogP contribution is -2.30. The zero-order valence-electron chi connectivity index (χ0n) is 14.7. The third kappa shape index (κ3) is 4.33. The van der Waals surface area contributed by atoms with Crippen LogP contribution >= 0.6 is 0 Å². The number of hydrogen-bond acceptors (Lipinski definition) is 5. The Labute approximate surface area is 142 Å². The van der Waals surface area contributed by atoms with Crippen LogP contribution in [0.3, 0.4) is 0 Å². The molecule has 1 aliphatic heterocycles. The first-order chi connectivity index (χ1) is 11.3. The van der Waals surface area contributed by atoms with E-state index in [1.165, 1.54) is 12.8 Å². The second-order valence-electron chi connectivity index (χ2n) is 8.11. The number of nitrogens with one attached hydrogen (secondary N) is 1. The van der Waals surface area contributed by atoms with Crippen molar-refractivity contribution in [2.45, 2.75) is 65.5 Å². The van der Waals surface area contributed by atoms with Crippen molar-refractivity contribution in [2.24, 2.45) is 11.3 Å². The first-order valence-corrected chi connectivity index (χ1v) is 8.70. The molecule has 2 amide bonds. The van der Waals surface area contributed by atoms with Crippen molar-refractivity contribution in [3.05, 3.63) is 11.7 Å². The number of hydrogen-bond donors (Lipinski definition) is 1. The van der Waals surface area contributed by atoms with Gasteiger partial charge in [-0.25, -0.2) is 0 Å². The fraction of sp³-hybridized carbons (Fsp3) is 0.765. The molecule has 0 spiro atoms. The van der Waals surface area contributed by atoms with E-state index in [1.54, 1.807) is 0 Å². The lowest BCUT2D eigenvalue weighted by molar-refractivity contribution is -0.129. The lowest BCUT2D eigenvalue weighted by Gasteiger charge is -2.21. The van der Waals surface area contributed by atoms with E-state index in [9.17, 15) is 9.59 Å². The molecule has 7 nitrogen and oxygen atoms in total. The van der Waals surface area contributed by atoms with Gasteiger partial charge in [0.05, 0.1) is 6.54 Å². The Morgan fingerprint density at radius 3 is 2.75 bits per heavy atom. The van der Waals surface area contributed by atoms with Crippen LogP contribution in [0.4, 0.5) is 0 Å². The van der Waals surface area contributed by atoms with Gasteiger partial charge in [0.15, 0.2) is 5.82 Å². The van der Waals surface area contributed by atoms with Gasteiger partial charge >= 0.3 is 0 Å². The van der Waals surface area contributed by atoms with Crippen LogP contribution in [-0.2, 0) is 16.1 Å². The molecular formula is C17H26N4O3. The molecule has 3 rings (SSSR count). The molecule has 2 heterocycles. The van der Waals surface area contributed by atoms with Crippen molar-refractivity contribution in [1.82, 2.24) is 20.4 Å². The van der Waals surface area contributed by atoms with E-state index in [-0.39, 0.29) is 29.8 Å². The maximum Gasteiger partial charge on any atom is 0.249 e. The number of amides is 2. The Morgan fingerprint density at radius 2 is 2.08 bits per heavy atom. The third-order valence-corrected chi connectivity index (χ3v) is 4.38. The topological polar surface area (TPSA) is 88.3 Å². The van der Waals surface area contributed by atoms with E-state index in [0.717, 1.165) is 13.0 Å². The third-order valence-electron chi connectivity index (χ3n) is 4.38. The summed E-state index contributed by atoms with van der Waals surface area (Å²) in [5.74, 6) is 1.72. The maximum atomic E-state index is 12.1. The van der Waals surface area contributed by atoms with Crippen LogP contribution in [0.25, 0.3) is 0 Å². The predicted molar refractivity (Wildman–Crippen MR) is 86.6 cm³/mol. The molecule has 1 aromatic heterocycles. The molecule has 2 aliphatic rings. The minimum atomic E-state index is -0.107. The first-order valence-electron chi connectivity index (χ1n) is 8.70. The van der Waals surface area contributed by atoms with E-state index in [0.29, 0.717) is 30.5 Å². The highest BCUT2D eigenvalue weighted by Crippen LogP contribution is 2.37. The molecule has 7 heteroatoms. The molecule has 0 aromatic carbocycles. The van der Waals surface area contributed by atoms with Crippen LogP contribution in [0.15, 0.2) is 4.52 Å². The second-order valence-corrected chi connectivity index (χ2v) is 8.11. The van der Waals surface area contributed by atoms with Crippen LogP contribution in [0, 0.1) is 11.3 Å². The van der Waals surface area contributed by atoms with Crippen molar-refractivity contribution in [2.75, 3.05) is 6.54 Å². The van der Waals surface area contributed by atoms with Crippen LogP contribution in [0.2, 0.25) is 0 Å². The van der Waals surface area contributed by atoms with Gasteiger partial charge in [-0.05, 0) is 30.6 Å². The number of nitrogens with zero attached hydrogens (tertiary/aromatic N) is 3. The van der Waals surface area contributed by atoms with Gasteiger partial charge in [0, 0.05) is 19.4 Å². The molecule has 1 aliphatic carbocycles. The molecule has 1 aromatic rings. The van der Waals surface area contributed by atoms with Gasteiger partial charge < -0.3 is 14.7 Å². The average Bonchev–Trinajstić information content (AvgIpc) is 3.05.